The number of hydrogen-bond donors (Lipinski definition) is 5. The van der Waals surface area contributed by atoms with Crippen LogP contribution in [-0.4, -0.2) is 34.3 Å². The molecule has 2 aromatic heterocycles. The number of H-pyrrole nitrogens is 3. The SMILES string of the molecule is O=C(Nc1cccc(-c2nc3ccc(Cl)cc3[nH]2)c1)c1ccccc1NS(=O)(=O)c1ccc2[nH]c(=O)[nH]c2c1. The van der Waals surface area contributed by atoms with E-state index in [2.05, 4.69) is 30.0 Å². The number of imidazole rings is 2. The summed E-state index contributed by atoms with van der Waals surface area (Å²) in [5.41, 5.74) is 3.39. The predicted octanol–water partition coefficient (Wildman–Crippen LogP) is 5.11. The van der Waals surface area contributed by atoms with Crippen molar-refractivity contribution in [2.45, 2.75) is 4.90 Å². The van der Waals surface area contributed by atoms with Gasteiger partial charge in [0.2, 0.25) is 0 Å². The van der Waals surface area contributed by atoms with Crippen molar-refractivity contribution in [3.8, 4) is 11.4 Å². The Hall–Kier alpha value is -4.87. The molecule has 5 N–H and O–H groups in total. The Labute approximate surface area is 226 Å². The summed E-state index contributed by atoms with van der Waals surface area (Å²) in [6.07, 6.45) is 0. The topological polar surface area (TPSA) is 153 Å². The number of aromatic amines is 3. The molecule has 0 saturated carbocycles. The van der Waals surface area contributed by atoms with Crippen molar-refractivity contribution < 1.29 is 13.2 Å². The highest BCUT2D eigenvalue weighted by Crippen LogP contribution is 2.26. The highest BCUT2D eigenvalue weighted by Gasteiger charge is 2.20. The van der Waals surface area contributed by atoms with Crippen LogP contribution in [0.2, 0.25) is 5.02 Å². The van der Waals surface area contributed by atoms with Crippen LogP contribution in [0.25, 0.3) is 33.5 Å². The first-order chi connectivity index (χ1) is 18.7. The number of nitrogens with one attached hydrogen (secondary N) is 5. The number of fused-ring (bicyclic) bond motifs is 2. The molecule has 10 nitrogen and oxygen atoms in total. The van der Waals surface area contributed by atoms with E-state index in [-0.39, 0.29) is 16.1 Å². The third kappa shape index (κ3) is 4.88. The van der Waals surface area contributed by atoms with Gasteiger partial charge in [-0.2, -0.15) is 0 Å². The van der Waals surface area contributed by atoms with Crippen LogP contribution in [0.3, 0.4) is 0 Å². The van der Waals surface area contributed by atoms with Crippen LogP contribution < -0.4 is 15.7 Å². The minimum Gasteiger partial charge on any atom is -0.338 e. The van der Waals surface area contributed by atoms with Crippen molar-refractivity contribution in [1.82, 2.24) is 19.9 Å². The molecule has 0 radical (unpaired) electrons. The molecule has 6 rings (SSSR count). The van der Waals surface area contributed by atoms with Crippen LogP contribution in [-0.2, 0) is 10.0 Å². The van der Waals surface area contributed by atoms with Crippen molar-refractivity contribution in [2.24, 2.45) is 0 Å². The molecule has 194 valence electrons. The average Bonchev–Trinajstić information content (AvgIpc) is 3.50. The largest absolute Gasteiger partial charge is 0.338 e. The molecular formula is C27H19ClN6O4S. The van der Waals surface area contributed by atoms with Gasteiger partial charge >= 0.3 is 5.69 Å². The number of anilines is 2. The maximum atomic E-state index is 13.2. The molecule has 0 aliphatic rings. The van der Waals surface area contributed by atoms with Crippen molar-refractivity contribution in [3.05, 3.63) is 106 Å². The molecule has 0 aliphatic heterocycles. The zero-order valence-corrected chi connectivity index (χ0v) is 21.5. The number of sulfonamides is 1. The second kappa shape index (κ2) is 9.46. The van der Waals surface area contributed by atoms with E-state index in [4.69, 9.17) is 11.6 Å². The number of amides is 1. The lowest BCUT2D eigenvalue weighted by atomic mass is 10.1. The average molecular weight is 559 g/mol. The maximum Gasteiger partial charge on any atom is 0.323 e. The number of nitrogens with zero attached hydrogens (tertiary/aromatic N) is 1. The predicted molar refractivity (Wildman–Crippen MR) is 151 cm³/mol. The molecule has 0 bridgehead atoms. The number of halogens is 1. The van der Waals surface area contributed by atoms with Gasteiger partial charge in [-0.1, -0.05) is 35.9 Å². The lowest BCUT2D eigenvalue weighted by Crippen LogP contribution is -2.18. The first kappa shape index (κ1) is 24.5. The van der Waals surface area contributed by atoms with Gasteiger partial charge in [-0.3, -0.25) is 9.52 Å². The van der Waals surface area contributed by atoms with Gasteiger partial charge in [0.05, 0.1) is 38.2 Å². The Morgan fingerprint density at radius 2 is 1.64 bits per heavy atom. The van der Waals surface area contributed by atoms with E-state index in [1.165, 1.54) is 30.3 Å². The minimum atomic E-state index is -4.07. The molecule has 12 heteroatoms. The Morgan fingerprint density at radius 1 is 0.821 bits per heavy atom. The molecule has 1 amide bonds. The lowest BCUT2D eigenvalue weighted by Gasteiger charge is -2.13. The summed E-state index contributed by atoms with van der Waals surface area (Å²) in [5, 5.41) is 3.41. The molecule has 6 aromatic rings. The van der Waals surface area contributed by atoms with E-state index in [1.807, 2.05) is 12.1 Å². The number of aromatic nitrogens is 4. The molecule has 39 heavy (non-hydrogen) atoms. The molecule has 0 unspecified atom stereocenters. The first-order valence-electron chi connectivity index (χ1n) is 11.7. The minimum absolute atomic E-state index is 0.0692. The van der Waals surface area contributed by atoms with Crippen LogP contribution in [0.15, 0.2) is 94.6 Å². The molecule has 2 heterocycles. The standard InChI is InChI=1S/C27H19ClN6O4S/c28-16-8-10-21-23(13-16)31-25(30-21)15-4-3-5-17(12-15)29-26(35)19-6-1-2-7-20(19)34-39(37,38)18-9-11-22-24(14-18)33-27(36)32-22/h1-14,34H,(H,29,35)(H,30,31)(H2,32,33,36). The lowest BCUT2D eigenvalue weighted by molar-refractivity contribution is 0.102. The van der Waals surface area contributed by atoms with E-state index in [1.54, 1.807) is 42.5 Å². The molecule has 0 atom stereocenters. The summed E-state index contributed by atoms with van der Waals surface area (Å²) in [4.78, 5) is 37.6. The fraction of sp³-hybridized carbons (Fsp3) is 0. The second-order valence-electron chi connectivity index (χ2n) is 8.72. The molecule has 0 spiro atoms. The smallest absolute Gasteiger partial charge is 0.323 e. The van der Waals surface area contributed by atoms with Gasteiger partial charge in [0, 0.05) is 16.3 Å². The van der Waals surface area contributed by atoms with Crippen molar-refractivity contribution in [3.63, 3.8) is 0 Å². The van der Waals surface area contributed by atoms with Crippen LogP contribution in [0, 0.1) is 0 Å². The van der Waals surface area contributed by atoms with Crippen molar-refractivity contribution >= 4 is 61.0 Å². The van der Waals surface area contributed by atoms with Gasteiger partial charge < -0.3 is 20.3 Å². The number of hydrogen-bond acceptors (Lipinski definition) is 5. The summed E-state index contributed by atoms with van der Waals surface area (Å²) in [7, 11) is -4.07. The number of carbonyl (C=O) groups is 1. The summed E-state index contributed by atoms with van der Waals surface area (Å²) in [6, 6.07) is 23.0. The number of rotatable bonds is 6. The third-order valence-corrected chi connectivity index (χ3v) is 7.65. The highest BCUT2D eigenvalue weighted by atomic mass is 35.5. The van der Waals surface area contributed by atoms with Gasteiger partial charge in [0.25, 0.3) is 15.9 Å². The summed E-state index contributed by atoms with van der Waals surface area (Å²) >= 11 is 6.07. The van der Waals surface area contributed by atoms with Gasteiger partial charge in [-0.25, -0.2) is 18.2 Å². The Bertz CT molecular complexity index is 2060. The number of para-hydroxylation sites is 1. The van der Waals surface area contributed by atoms with Gasteiger partial charge in [0.1, 0.15) is 5.82 Å². The van der Waals surface area contributed by atoms with E-state index in [0.717, 1.165) is 16.6 Å². The maximum absolute atomic E-state index is 13.2. The normalized spacial score (nSPS) is 11.6. The third-order valence-electron chi connectivity index (χ3n) is 6.05. The fourth-order valence-electron chi connectivity index (χ4n) is 4.21. The molecule has 0 saturated heterocycles. The second-order valence-corrected chi connectivity index (χ2v) is 10.8. The van der Waals surface area contributed by atoms with E-state index < -0.39 is 21.6 Å². The van der Waals surface area contributed by atoms with Gasteiger partial charge in [-0.05, 0) is 60.7 Å². The van der Waals surface area contributed by atoms with E-state index in [0.29, 0.717) is 27.6 Å². The van der Waals surface area contributed by atoms with Crippen LogP contribution >= 0.6 is 11.6 Å². The van der Waals surface area contributed by atoms with Crippen molar-refractivity contribution in [2.75, 3.05) is 10.0 Å². The number of carbonyl (C=O) groups excluding carboxylic acids is 1. The highest BCUT2D eigenvalue weighted by molar-refractivity contribution is 7.92. The number of benzene rings is 4. The Balaban J connectivity index is 1.26. The zero-order valence-electron chi connectivity index (χ0n) is 19.9. The van der Waals surface area contributed by atoms with Crippen LogP contribution in [0.5, 0.6) is 0 Å². The van der Waals surface area contributed by atoms with Crippen molar-refractivity contribution in [1.29, 1.82) is 0 Å². The zero-order chi connectivity index (χ0) is 27.1. The quantitative estimate of drug-likeness (QED) is 0.192. The molecular weight excluding hydrogens is 540 g/mol. The summed E-state index contributed by atoms with van der Waals surface area (Å²) in [5.74, 6) is 0.101. The molecule has 4 aromatic carbocycles. The summed E-state index contributed by atoms with van der Waals surface area (Å²) < 4.78 is 28.7. The van der Waals surface area contributed by atoms with E-state index in [9.17, 15) is 18.0 Å². The van der Waals surface area contributed by atoms with Crippen LogP contribution in [0.1, 0.15) is 10.4 Å². The van der Waals surface area contributed by atoms with Gasteiger partial charge in [0.15, 0.2) is 0 Å². The molecule has 0 aliphatic carbocycles. The van der Waals surface area contributed by atoms with Gasteiger partial charge in [-0.15, -0.1) is 0 Å². The fourth-order valence-corrected chi connectivity index (χ4v) is 5.49. The monoisotopic (exact) mass is 558 g/mol. The van der Waals surface area contributed by atoms with Crippen LogP contribution in [0.4, 0.5) is 11.4 Å². The summed E-state index contributed by atoms with van der Waals surface area (Å²) in [6.45, 7) is 0. The first-order valence-corrected chi connectivity index (χ1v) is 13.5. The Morgan fingerprint density at radius 3 is 2.51 bits per heavy atom. The Kier molecular flexibility index (Phi) is 5.93. The molecule has 0 fully saturated rings. The van der Waals surface area contributed by atoms with E-state index >= 15 is 0 Å².